The third kappa shape index (κ3) is 3.56. The van der Waals surface area contributed by atoms with Crippen molar-refractivity contribution in [1.29, 1.82) is 0 Å². The summed E-state index contributed by atoms with van der Waals surface area (Å²) in [5, 5.41) is 13.1. The number of aliphatic hydroxyl groups excluding tert-OH is 1. The molecule has 4 heterocycles. The van der Waals surface area contributed by atoms with E-state index < -0.39 is 0 Å². The van der Waals surface area contributed by atoms with Gasteiger partial charge < -0.3 is 15.2 Å². The minimum atomic E-state index is -0.276. The van der Waals surface area contributed by atoms with Gasteiger partial charge in [-0.1, -0.05) is 0 Å². The lowest BCUT2D eigenvalue weighted by Crippen LogP contribution is -2.46. The van der Waals surface area contributed by atoms with Gasteiger partial charge in [0.1, 0.15) is 12.6 Å². The van der Waals surface area contributed by atoms with Crippen LogP contribution in [-0.2, 0) is 11.3 Å². The molecule has 5 rings (SSSR count). The molecule has 0 spiro atoms. The number of hydrogen-bond acceptors (Lipinski definition) is 8. The van der Waals surface area contributed by atoms with E-state index in [1.807, 2.05) is 16.7 Å². The molecule has 1 aliphatic carbocycles. The van der Waals surface area contributed by atoms with E-state index in [0.29, 0.717) is 19.1 Å². The summed E-state index contributed by atoms with van der Waals surface area (Å²) in [4.78, 5) is 19.7. The Balaban J connectivity index is 1.41. The van der Waals surface area contributed by atoms with E-state index >= 15 is 0 Å². The molecule has 1 saturated heterocycles. The van der Waals surface area contributed by atoms with Crippen molar-refractivity contribution in [3.05, 3.63) is 42.7 Å². The molecule has 2 N–H and O–H groups in total. The topological polar surface area (TPSA) is 101 Å². The van der Waals surface area contributed by atoms with Crippen molar-refractivity contribution in [1.82, 2.24) is 29.4 Å². The van der Waals surface area contributed by atoms with E-state index in [-0.39, 0.29) is 18.9 Å². The highest BCUT2D eigenvalue weighted by atomic mass is 16.5. The Kier molecular flexibility index (Phi) is 4.63. The average Bonchev–Trinajstić information content (AvgIpc) is 3.43. The van der Waals surface area contributed by atoms with Crippen molar-refractivity contribution in [2.24, 2.45) is 0 Å². The van der Waals surface area contributed by atoms with E-state index in [2.05, 4.69) is 30.2 Å². The standard InChI is InChI=1S/C19H23N7O2/c27-10-15-8-25(7-13-3-5-20-6-4-13)9-16(28-15)26-12-23-17-18(24-14-1-2-14)21-11-22-19(17)26/h3-6,11-12,14-16,27H,1-2,7-10H2,(H,21,22,24)/t15-,16+/m0/s1. The molecule has 1 aliphatic heterocycles. The van der Waals surface area contributed by atoms with Crippen LogP contribution in [0.25, 0.3) is 11.2 Å². The fourth-order valence-electron chi connectivity index (χ4n) is 3.61. The van der Waals surface area contributed by atoms with Crippen molar-refractivity contribution in [3.8, 4) is 0 Å². The molecule has 3 aromatic rings. The molecule has 0 bridgehead atoms. The van der Waals surface area contributed by atoms with Crippen LogP contribution in [0.5, 0.6) is 0 Å². The Labute approximate surface area is 162 Å². The van der Waals surface area contributed by atoms with E-state index in [9.17, 15) is 5.11 Å². The van der Waals surface area contributed by atoms with Gasteiger partial charge in [-0.2, -0.15) is 0 Å². The lowest BCUT2D eigenvalue weighted by atomic mass is 10.2. The van der Waals surface area contributed by atoms with Gasteiger partial charge >= 0.3 is 0 Å². The number of hydrogen-bond donors (Lipinski definition) is 2. The summed E-state index contributed by atoms with van der Waals surface area (Å²) in [7, 11) is 0. The number of ether oxygens (including phenoxy) is 1. The largest absolute Gasteiger partial charge is 0.394 e. The number of nitrogens with one attached hydrogen (secondary N) is 1. The lowest BCUT2D eigenvalue weighted by Gasteiger charge is -2.37. The van der Waals surface area contributed by atoms with Crippen LogP contribution in [0.4, 0.5) is 5.82 Å². The number of fused-ring (bicyclic) bond motifs is 1. The van der Waals surface area contributed by atoms with Gasteiger partial charge in [-0.3, -0.25) is 14.5 Å². The summed E-state index contributed by atoms with van der Waals surface area (Å²) in [6, 6.07) is 4.51. The van der Waals surface area contributed by atoms with Gasteiger partial charge in [-0.05, 0) is 30.5 Å². The minimum Gasteiger partial charge on any atom is -0.394 e. The van der Waals surface area contributed by atoms with Crippen LogP contribution in [0.2, 0.25) is 0 Å². The molecule has 28 heavy (non-hydrogen) atoms. The zero-order valence-corrected chi connectivity index (χ0v) is 15.5. The fourth-order valence-corrected chi connectivity index (χ4v) is 3.61. The van der Waals surface area contributed by atoms with Crippen LogP contribution in [0, 0.1) is 0 Å². The maximum Gasteiger partial charge on any atom is 0.167 e. The Morgan fingerprint density at radius 1 is 1.14 bits per heavy atom. The number of imidazole rings is 1. The second kappa shape index (κ2) is 7.42. The number of aromatic nitrogens is 5. The molecule has 2 aliphatic rings. The van der Waals surface area contributed by atoms with E-state index in [4.69, 9.17) is 4.74 Å². The van der Waals surface area contributed by atoms with Crippen molar-refractivity contribution in [3.63, 3.8) is 0 Å². The van der Waals surface area contributed by atoms with Gasteiger partial charge in [0, 0.05) is 38.1 Å². The first-order chi connectivity index (χ1) is 13.8. The molecule has 0 radical (unpaired) electrons. The van der Waals surface area contributed by atoms with Gasteiger partial charge in [0.15, 0.2) is 17.0 Å². The van der Waals surface area contributed by atoms with Gasteiger partial charge in [0.25, 0.3) is 0 Å². The Morgan fingerprint density at radius 2 is 2.00 bits per heavy atom. The van der Waals surface area contributed by atoms with Crippen molar-refractivity contribution >= 4 is 17.0 Å². The van der Waals surface area contributed by atoms with Gasteiger partial charge in [0.05, 0.1) is 19.0 Å². The summed E-state index contributed by atoms with van der Waals surface area (Å²) in [5.74, 6) is 0.773. The predicted octanol–water partition coefficient (Wildman–Crippen LogP) is 1.19. The number of nitrogens with zero attached hydrogens (tertiary/aromatic N) is 6. The molecule has 146 valence electrons. The lowest BCUT2D eigenvalue weighted by molar-refractivity contribution is -0.135. The third-order valence-electron chi connectivity index (χ3n) is 5.17. The zero-order valence-electron chi connectivity index (χ0n) is 15.5. The van der Waals surface area contributed by atoms with Crippen LogP contribution >= 0.6 is 0 Å². The van der Waals surface area contributed by atoms with Crippen LogP contribution in [-0.4, -0.2) is 66.4 Å². The summed E-state index contributed by atoms with van der Waals surface area (Å²) >= 11 is 0. The van der Waals surface area contributed by atoms with Crippen molar-refractivity contribution in [2.75, 3.05) is 25.0 Å². The van der Waals surface area contributed by atoms with Crippen molar-refractivity contribution in [2.45, 2.75) is 37.8 Å². The molecule has 2 fully saturated rings. The van der Waals surface area contributed by atoms with E-state index in [1.165, 1.54) is 18.4 Å². The average molecular weight is 381 g/mol. The monoisotopic (exact) mass is 381 g/mol. The van der Waals surface area contributed by atoms with Crippen LogP contribution in [0.1, 0.15) is 24.6 Å². The normalized spacial score (nSPS) is 23.2. The van der Waals surface area contributed by atoms with Crippen molar-refractivity contribution < 1.29 is 9.84 Å². The summed E-state index contributed by atoms with van der Waals surface area (Å²) in [5.41, 5.74) is 2.68. The first kappa shape index (κ1) is 17.5. The van der Waals surface area contributed by atoms with E-state index in [0.717, 1.165) is 23.5 Å². The molecular formula is C19H23N7O2. The third-order valence-corrected chi connectivity index (χ3v) is 5.17. The number of anilines is 1. The summed E-state index contributed by atoms with van der Waals surface area (Å²) < 4.78 is 8.07. The van der Waals surface area contributed by atoms with Crippen LogP contribution < -0.4 is 5.32 Å². The Bertz CT molecular complexity index is 944. The summed E-state index contributed by atoms with van der Waals surface area (Å²) in [6.07, 6.45) is 8.71. The van der Waals surface area contributed by atoms with Crippen LogP contribution in [0.15, 0.2) is 37.2 Å². The Morgan fingerprint density at radius 3 is 2.79 bits per heavy atom. The Hall–Kier alpha value is -2.62. The first-order valence-corrected chi connectivity index (χ1v) is 9.62. The van der Waals surface area contributed by atoms with Gasteiger partial charge in [0.2, 0.25) is 0 Å². The number of rotatable bonds is 6. The molecule has 2 atom stereocenters. The van der Waals surface area contributed by atoms with Gasteiger partial charge in [-0.15, -0.1) is 0 Å². The first-order valence-electron chi connectivity index (χ1n) is 9.62. The minimum absolute atomic E-state index is 0.0283. The molecule has 0 unspecified atom stereocenters. The molecular weight excluding hydrogens is 358 g/mol. The molecule has 9 nitrogen and oxygen atoms in total. The smallest absolute Gasteiger partial charge is 0.167 e. The molecule has 9 heteroatoms. The molecule has 0 amide bonds. The van der Waals surface area contributed by atoms with E-state index in [1.54, 1.807) is 25.0 Å². The maximum absolute atomic E-state index is 9.73. The number of aliphatic hydroxyl groups is 1. The fraction of sp³-hybridized carbons (Fsp3) is 0.474. The predicted molar refractivity (Wildman–Crippen MR) is 102 cm³/mol. The zero-order chi connectivity index (χ0) is 18.9. The van der Waals surface area contributed by atoms with Gasteiger partial charge in [-0.25, -0.2) is 15.0 Å². The van der Waals surface area contributed by atoms with Crippen LogP contribution in [0.3, 0.4) is 0 Å². The second-order valence-corrected chi connectivity index (χ2v) is 7.41. The highest BCUT2D eigenvalue weighted by molar-refractivity contribution is 5.83. The molecule has 0 aromatic carbocycles. The number of pyridine rings is 1. The molecule has 1 saturated carbocycles. The number of morpholine rings is 1. The molecule has 3 aromatic heterocycles. The highest BCUT2D eigenvalue weighted by Crippen LogP contribution is 2.29. The maximum atomic E-state index is 9.73. The quantitative estimate of drug-likeness (QED) is 0.657. The highest BCUT2D eigenvalue weighted by Gasteiger charge is 2.30. The summed E-state index contributed by atoms with van der Waals surface area (Å²) in [6.45, 7) is 2.10. The SMILES string of the molecule is OC[C@@H]1CN(Cc2ccncc2)C[C@H](n2cnc3c(NC4CC4)ncnc32)O1. The second-order valence-electron chi connectivity index (χ2n) is 7.41.